The summed E-state index contributed by atoms with van der Waals surface area (Å²) >= 11 is 6.26. The molecule has 172 valence electrons. The molecule has 1 N–H and O–H groups in total. The van der Waals surface area contributed by atoms with Crippen LogP contribution in [0.5, 0.6) is 5.75 Å². The first-order valence-electron chi connectivity index (χ1n) is 10.9. The number of hydrogen-bond acceptors (Lipinski definition) is 5. The Morgan fingerprint density at radius 1 is 1.06 bits per heavy atom. The summed E-state index contributed by atoms with van der Waals surface area (Å²) in [6.07, 6.45) is 0. The Labute approximate surface area is 201 Å². The summed E-state index contributed by atoms with van der Waals surface area (Å²) < 4.78 is 11.8. The van der Waals surface area contributed by atoms with Crippen molar-refractivity contribution in [2.75, 3.05) is 13.2 Å². The largest absolute Gasteiger partial charge is 0.489 e. The summed E-state index contributed by atoms with van der Waals surface area (Å²) in [6.45, 7) is 2.05. The zero-order chi connectivity index (χ0) is 23.8. The van der Waals surface area contributed by atoms with E-state index in [9.17, 15) is 14.7 Å². The lowest BCUT2D eigenvalue weighted by Crippen LogP contribution is -2.32. The molecule has 34 heavy (non-hydrogen) atoms. The van der Waals surface area contributed by atoms with Crippen LogP contribution in [-0.2, 0) is 6.61 Å². The fraction of sp³-hybridized carbons (Fsp3) is 0.185. The number of carbonyl (C=O) groups is 1. The third kappa shape index (κ3) is 3.85. The van der Waals surface area contributed by atoms with Crippen LogP contribution in [0.3, 0.4) is 0 Å². The van der Waals surface area contributed by atoms with Gasteiger partial charge in [-0.2, -0.15) is 0 Å². The summed E-state index contributed by atoms with van der Waals surface area (Å²) in [5, 5.41) is 10.4. The predicted molar refractivity (Wildman–Crippen MR) is 129 cm³/mol. The van der Waals surface area contributed by atoms with Crippen molar-refractivity contribution in [1.82, 2.24) is 4.90 Å². The molecule has 0 saturated heterocycles. The van der Waals surface area contributed by atoms with Crippen LogP contribution in [0.15, 0.2) is 75.9 Å². The van der Waals surface area contributed by atoms with Gasteiger partial charge in [-0.05, 0) is 47.9 Å². The average Bonchev–Trinajstić information content (AvgIpc) is 3.12. The monoisotopic (exact) mass is 475 g/mol. The lowest BCUT2D eigenvalue weighted by atomic mass is 9.98. The highest BCUT2D eigenvalue weighted by Crippen LogP contribution is 2.39. The molecule has 0 spiro atoms. The van der Waals surface area contributed by atoms with Crippen LogP contribution < -0.4 is 10.2 Å². The van der Waals surface area contributed by atoms with E-state index in [0.717, 1.165) is 16.7 Å². The molecule has 0 aliphatic carbocycles. The summed E-state index contributed by atoms with van der Waals surface area (Å²) in [5.41, 5.74) is 2.78. The van der Waals surface area contributed by atoms with Crippen LogP contribution in [0.2, 0.25) is 5.02 Å². The lowest BCUT2D eigenvalue weighted by Gasteiger charge is -2.24. The first-order valence-corrected chi connectivity index (χ1v) is 11.3. The number of aliphatic hydroxyl groups is 1. The molecule has 6 nitrogen and oxygen atoms in total. The second-order valence-corrected chi connectivity index (χ2v) is 8.65. The lowest BCUT2D eigenvalue weighted by molar-refractivity contribution is 0.0691. The Morgan fingerprint density at radius 3 is 2.50 bits per heavy atom. The summed E-state index contributed by atoms with van der Waals surface area (Å²) in [7, 11) is 0. The van der Waals surface area contributed by atoms with Gasteiger partial charge in [0.2, 0.25) is 5.76 Å². The molecule has 0 radical (unpaired) electrons. The number of β-amino-alcohol motifs (C(OH)–C–C–N with tert-alkyl or cyclic N) is 1. The number of amides is 1. The standard InChI is InChI=1S/C27H22ClNO5/c1-16-13-22-20(14-21(16)28)25(31)23-24(29(11-12-30)27(32)26(23)34-22)18-7-9-19(10-8-18)33-15-17-5-3-2-4-6-17/h2-10,13-14,24,30H,11-12,15H2,1H3. The molecular formula is C27H22ClNO5. The average molecular weight is 476 g/mol. The minimum atomic E-state index is -0.682. The molecule has 1 atom stereocenters. The SMILES string of the molecule is Cc1cc2oc3c(c(=O)c2cc1Cl)C(c1ccc(OCc2ccccc2)cc1)N(CCO)C3=O. The van der Waals surface area contributed by atoms with Gasteiger partial charge in [-0.1, -0.05) is 54.1 Å². The van der Waals surface area contributed by atoms with Crippen molar-refractivity contribution in [2.24, 2.45) is 0 Å². The number of ether oxygens (including phenoxy) is 1. The molecule has 7 heteroatoms. The van der Waals surface area contributed by atoms with E-state index in [1.54, 1.807) is 31.2 Å². The molecule has 1 aliphatic heterocycles. The van der Waals surface area contributed by atoms with Crippen LogP contribution in [0.1, 0.15) is 38.9 Å². The minimum absolute atomic E-state index is 0.00192. The molecule has 1 amide bonds. The Morgan fingerprint density at radius 2 is 1.79 bits per heavy atom. The highest BCUT2D eigenvalue weighted by Gasteiger charge is 2.42. The predicted octanol–water partition coefficient (Wildman–Crippen LogP) is 4.87. The van der Waals surface area contributed by atoms with Gasteiger partial charge in [-0.15, -0.1) is 0 Å². The normalized spacial score (nSPS) is 15.1. The van der Waals surface area contributed by atoms with Gasteiger partial charge >= 0.3 is 0 Å². The Balaban J connectivity index is 1.54. The van der Waals surface area contributed by atoms with Crippen molar-refractivity contribution in [2.45, 2.75) is 19.6 Å². The van der Waals surface area contributed by atoms with E-state index < -0.39 is 11.9 Å². The van der Waals surface area contributed by atoms with Crippen molar-refractivity contribution >= 4 is 28.5 Å². The number of aliphatic hydroxyl groups excluding tert-OH is 1. The van der Waals surface area contributed by atoms with E-state index in [4.69, 9.17) is 20.8 Å². The number of nitrogens with zero attached hydrogens (tertiary/aromatic N) is 1. The second-order valence-electron chi connectivity index (χ2n) is 8.24. The van der Waals surface area contributed by atoms with Gasteiger partial charge in [0, 0.05) is 11.6 Å². The Bertz CT molecular complexity index is 1430. The maximum absolute atomic E-state index is 13.5. The van der Waals surface area contributed by atoms with E-state index in [-0.39, 0.29) is 29.9 Å². The van der Waals surface area contributed by atoms with E-state index in [1.807, 2.05) is 42.5 Å². The van der Waals surface area contributed by atoms with E-state index in [1.165, 1.54) is 4.90 Å². The molecule has 5 rings (SSSR count). The fourth-order valence-corrected chi connectivity index (χ4v) is 4.48. The quantitative estimate of drug-likeness (QED) is 0.430. The van der Waals surface area contributed by atoms with Gasteiger partial charge in [0.25, 0.3) is 5.91 Å². The molecule has 1 unspecified atom stereocenters. The Hall–Kier alpha value is -3.61. The van der Waals surface area contributed by atoms with Crippen LogP contribution in [0.4, 0.5) is 0 Å². The van der Waals surface area contributed by atoms with Gasteiger partial charge < -0.3 is 19.2 Å². The third-order valence-corrected chi connectivity index (χ3v) is 6.44. The highest BCUT2D eigenvalue weighted by molar-refractivity contribution is 6.32. The number of hydrogen-bond donors (Lipinski definition) is 1. The third-order valence-electron chi connectivity index (χ3n) is 6.03. The van der Waals surface area contributed by atoms with Crippen molar-refractivity contribution in [3.63, 3.8) is 0 Å². The first kappa shape index (κ1) is 22.2. The van der Waals surface area contributed by atoms with Crippen LogP contribution in [-0.4, -0.2) is 29.1 Å². The molecule has 2 heterocycles. The number of carbonyl (C=O) groups excluding carboxylic acids is 1. The van der Waals surface area contributed by atoms with Crippen LogP contribution >= 0.6 is 11.6 Å². The zero-order valence-corrected chi connectivity index (χ0v) is 19.2. The maximum atomic E-state index is 13.5. The zero-order valence-electron chi connectivity index (χ0n) is 18.5. The highest BCUT2D eigenvalue weighted by atomic mass is 35.5. The molecular weight excluding hydrogens is 454 g/mol. The molecule has 3 aromatic carbocycles. The van der Waals surface area contributed by atoms with Crippen molar-refractivity contribution < 1.29 is 19.1 Å². The van der Waals surface area contributed by atoms with Crippen molar-refractivity contribution in [3.8, 4) is 5.75 Å². The van der Waals surface area contributed by atoms with Gasteiger partial charge in [0.05, 0.1) is 23.6 Å². The number of halogens is 1. The summed E-state index contributed by atoms with van der Waals surface area (Å²) in [4.78, 5) is 28.1. The van der Waals surface area contributed by atoms with Crippen LogP contribution in [0.25, 0.3) is 11.0 Å². The topological polar surface area (TPSA) is 80.0 Å². The van der Waals surface area contributed by atoms with Crippen molar-refractivity contribution in [3.05, 3.63) is 110 Å². The maximum Gasteiger partial charge on any atom is 0.290 e. The van der Waals surface area contributed by atoms with E-state index in [2.05, 4.69) is 0 Å². The number of rotatable bonds is 6. The molecule has 1 aromatic heterocycles. The molecule has 4 aromatic rings. The van der Waals surface area contributed by atoms with Gasteiger partial charge in [-0.25, -0.2) is 0 Å². The van der Waals surface area contributed by atoms with E-state index >= 15 is 0 Å². The number of benzene rings is 3. The summed E-state index contributed by atoms with van der Waals surface area (Å²) in [5.74, 6) is 0.241. The second kappa shape index (κ2) is 8.97. The molecule has 0 fully saturated rings. The first-order chi connectivity index (χ1) is 16.5. The minimum Gasteiger partial charge on any atom is -0.489 e. The van der Waals surface area contributed by atoms with Crippen molar-refractivity contribution in [1.29, 1.82) is 0 Å². The van der Waals surface area contributed by atoms with Crippen LogP contribution in [0, 0.1) is 6.92 Å². The van der Waals surface area contributed by atoms with E-state index in [0.29, 0.717) is 28.3 Å². The molecule has 1 aliphatic rings. The fourth-order valence-electron chi connectivity index (χ4n) is 4.31. The molecule has 0 bridgehead atoms. The van der Waals surface area contributed by atoms with Gasteiger partial charge in [0.1, 0.15) is 17.9 Å². The smallest absolute Gasteiger partial charge is 0.290 e. The number of aryl methyl sites for hydroxylation is 1. The Kier molecular flexibility index (Phi) is 5.86. The van der Waals surface area contributed by atoms with Gasteiger partial charge in [0.15, 0.2) is 5.43 Å². The summed E-state index contributed by atoms with van der Waals surface area (Å²) in [6, 6.07) is 19.6. The van der Waals surface area contributed by atoms with Gasteiger partial charge in [-0.3, -0.25) is 9.59 Å². The molecule has 0 saturated carbocycles. The number of fused-ring (bicyclic) bond motifs is 2.